The second kappa shape index (κ2) is 8.61. The molecule has 0 saturated carbocycles. The number of hydrogen-bond donors (Lipinski definition) is 1. The summed E-state index contributed by atoms with van der Waals surface area (Å²) in [5.41, 5.74) is 0.754. The van der Waals surface area contributed by atoms with Crippen molar-refractivity contribution in [2.75, 3.05) is 29.5 Å². The van der Waals surface area contributed by atoms with E-state index in [0.717, 1.165) is 16.8 Å². The van der Waals surface area contributed by atoms with Crippen LogP contribution in [0.2, 0.25) is 0 Å². The summed E-state index contributed by atoms with van der Waals surface area (Å²) >= 11 is 1.29. The molecule has 0 aliphatic carbocycles. The second-order valence-electron chi connectivity index (χ2n) is 6.34. The smallest absolute Gasteiger partial charge is 0.340 e. The Labute approximate surface area is 178 Å². The van der Waals surface area contributed by atoms with E-state index in [4.69, 9.17) is 4.74 Å². The third-order valence-electron chi connectivity index (χ3n) is 4.12. The quantitative estimate of drug-likeness (QED) is 0.412. The molecule has 154 valence electrons. The maximum atomic E-state index is 12.6. The highest BCUT2D eigenvalue weighted by molar-refractivity contribution is 8.03. The summed E-state index contributed by atoms with van der Waals surface area (Å²) < 4.78 is 30.2. The van der Waals surface area contributed by atoms with Crippen molar-refractivity contribution in [3.8, 4) is 6.07 Å². The van der Waals surface area contributed by atoms with Crippen LogP contribution in [0.1, 0.15) is 10.4 Å². The first-order chi connectivity index (χ1) is 14.2. The number of benzene rings is 2. The average Bonchev–Trinajstić information content (AvgIpc) is 3.02. The molecular weight excluding hydrogens is 426 g/mol. The lowest BCUT2D eigenvalue weighted by molar-refractivity contribution is -0.118. The third-order valence-corrected chi connectivity index (χ3v) is 5.95. The van der Waals surface area contributed by atoms with E-state index in [9.17, 15) is 23.3 Å². The SMILES string of the molecule is CN1C(=C(C#N)C(=O)COC(=O)c2ccccc2NS(C)(=O)=O)Sc2ccccc21. The topological polar surface area (TPSA) is 117 Å². The first-order valence-electron chi connectivity index (χ1n) is 8.63. The minimum absolute atomic E-state index is 0.0397. The number of para-hydroxylation sites is 2. The van der Waals surface area contributed by atoms with Gasteiger partial charge in [0.25, 0.3) is 0 Å². The van der Waals surface area contributed by atoms with Gasteiger partial charge in [0.1, 0.15) is 16.7 Å². The number of anilines is 2. The third kappa shape index (κ3) is 4.64. The van der Waals surface area contributed by atoms with Crippen LogP contribution in [0, 0.1) is 11.3 Å². The van der Waals surface area contributed by atoms with Crippen molar-refractivity contribution in [2.45, 2.75) is 4.90 Å². The summed E-state index contributed by atoms with van der Waals surface area (Å²) in [6, 6.07) is 15.3. The van der Waals surface area contributed by atoms with Crippen molar-refractivity contribution in [2.24, 2.45) is 0 Å². The number of thioether (sulfide) groups is 1. The van der Waals surface area contributed by atoms with Crippen LogP contribution in [-0.2, 0) is 19.6 Å². The minimum Gasteiger partial charge on any atom is -0.454 e. The van der Waals surface area contributed by atoms with E-state index in [2.05, 4.69) is 4.72 Å². The summed E-state index contributed by atoms with van der Waals surface area (Å²) in [5.74, 6) is -1.53. The molecule has 0 amide bonds. The molecule has 2 aromatic carbocycles. The largest absolute Gasteiger partial charge is 0.454 e. The van der Waals surface area contributed by atoms with Gasteiger partial charge in [-0.05, 0) is 24.3 Å². The molecule has 0 radical (unpaired) electrons. The molecule has 10 heteroatoms. The molecule has 0 aromatic heterocycles. The fraction of sp³-hybridized carbons (Fsp3) is 0.150. The number of carbonyl (C=O) groups is 2. The summed E-state index contributed by atoms with van der Waals surface area (Å²) in [4.78, 5) is 27.7. The first-order valence-corrected chi connectivity index (χ1v) is 11.3. The summed E-state index contributed by atoms with van der Waals surface area (Å²) in [5, 5.41) is 9.98. The lowest BCUT2D eigenvalue weighted by atomic mass is 10.2. The van der Waals surface area contributed by atoms with E-state index in [1.807, 2.05) is 30.3 Å². The van der Waals surface area contributed by atoms with Gasteiger partial charge < -0.3 is 9.64 Å². The van der Waals surface area contributed by atoms with Crippen molar-refractivity contribution < 1.29 is 22.7 Å². The predicted octanol–water partition coefficient (Wildman–Crippen LogP) is 2.76. The van der Waals surface area contributed by atoms with Crippen molar-refractivity contribution >= 4 is 44.9 Å². The molecule has 0 unspecified atom stereocenters. The van der Waals surface area contributed by atoms with Crippen LogP contribution in [-0.4, -0.2) is 40.1 Å². The number of nitrogens with one attached hydrogen (secondary N) is 1. The van der Waals surface area contributed by atoms with Crippen molar-refractivity contribution in [1.82, 2.24) is 0 Å². The number of nitriles is 1. The van der Waals surface area contributed by atoms with Crippen molar-refractivity contribution in [3.63, 3.8) is 0 Å². The van der Waals surface area contributed by atoms with E-state index < -0.39 is 28.4 Å². The Hall–Kier alpha value is -3.29. The Bertz CT molecular complexity index is 1200. The van der Waals surface area contributed by atoms with Crippen LogP contribution in [0.4, 0.5) is 11.4 Å². The number of ether oxygens (including phenoxy) is 1. The van der Waals surface area contributed by atoms with Crippen molar-refractivity contribution in [3.05, 3.63) is 64.7 Å². The second-order valence-corrected chi connectivity index (χ2v) is 9.12. The lowest BCUT2D eigenvalue weighted by Crippen LogP contribution is -2.21. The van der Waals surface area contributed by atoms with Gasteiger partial charge in [-0.25, -0.2) is 13.2 Å². The van der Waals surface area contributed by atoms with Gasteiger partial charge >= 0.3 is 5.97 Å². The van der Waals surface area contributed by atoms with Crippen LogP contribution >= 0.6 is 11.8 Å². The van der Waals surface area contributed by atoms with Gasteiger partial charge in [0.15, 0.2) is 6.61 Å². The number of carbonyl (C=O) groups excluding carboxylic acids is 2. The van der Waals surface area contributed by atoms with Gasteiger partial charge in [-0.2, -0.15) is 5.26 Å². The summed E-state index contributed by atoms with van der Waals surface area (Å²) in [6.07, 6.45) is 0.956. The average molecular weight is 444 g/mol. The van der Waals surface area contributed by atoms with E-state index >= 15 is 0 Å². The zero-order valence-electron chi connectivity index (χ0n) is 16.1. The first kappa shape index (κ1) is 21.4. The zero-order chi connectivity index (χ0) is 21.9. The highest BCUT2D eigenvalue weighted by Crippen LogP contribution is 2.46. The molecule has 0 spiro atoms. The Morgan fingerprint density at radius 3 is 2.50 bits per heavy atom. The van der Waals surface area contributed by atoms with Gasteiger partial charge in [-0.15, -0.1) is 0 Å². The van der Waals surface area contributed by atoms with Crippen molar-refractivity contribution in [1.29, 1.82) is 5.26 Å². The molecule has 1 aliphatic heterocycles. The lowest BCUT2D eigenvalue weighted by Gasteiger charge is -2.15. The van der Waals surface area contributed by atoms with Gasteiger partial charge in [0.2, 0.25) is 15.8 Å². The Kier molecular flexibility index (Phi) is 6.14. The number of esters is 1. The number of Topliss-reactive ketones (excluding diaryl/α,β-unsaturated/α-hetero) is 1. The summed E-state index contributed by atoms with van der Waals surface area (Å²) in [6.45, 7) is -0.650. The highest BCUT2D eigenvalue weighted by Gasteiger charge is 2.28. The fourth-order valence-corrected chi connectivity index (χ4v) is 4.52. The van der Waals surface area contributed by atoms with Crippen LogP contribution in [0.3, 0.4) is 0 Å². The molecular formula is C20H17N3O5S2. The molecule has 1 aliphatic rings. The fourth-order valence-electron chi connectivity index (χ4n) is 2.78. The van der Waals surface area contributed by atoms with E-state index in [1.165, 1.54) is 30.0 Å². The molecule has 1 N–H and O–H groups in total. The van der Waals surface area contributed by atoms with E-state index in [0.29, 0.717) is 5.03 Å². The Morgan fingerprint density at radius 2 is 1.83 bits per heavy atom. The van der Waals surface area contributed by atoms with Crippen LogP contribution in [0.5, 0.6) is 0 Å². The maximum absolute atomic E-state index is 12.6. The molecule has 0 fully saturated rings. The Morgan fingerprint density at radius 1 is 1.17 bits per heavy atom. The molecule has 0 bridgehead atoms. The molecule has 8 nitrogen and oxygen atoms in total. The predicted molar refractivity (Wildman–Crippen MR) is 114 cm³/mol. The molecule has 30 heavy (non-hydrogen) atoms. The molecule has 2 aromatic rings. The minimum atomic E-state index is -3.61. The van der Waals surface area contributed by atoms with E-state index in [-0.39, 0.29) is 16.8 Å². The van der Waals surface area contributed by atoms with Crippen LogP contribution < -0.4 is 9.62 Å². The molecule has 0 atom stereocenters. The monoisotopic (exact) mass is 443 g/mol. The maximum Gasteiger partial charge on any atom is 0.340 e. The van der Waals surface area contributed by atoms with E-state index in [1.54, 1.807) is 18.0 Å². The van der Waals surface area contributed by atoms with Crippen LogP contribution in [0.25, 0.3) is 0 Å². The number of nitrogens with zero attached hydrogens (tertiary/aromatic N) is 2. The number of hydrogen-bond acceptors (Lipinski definition) is 8. The summed E-state index contributed by atoms with van der Waals surface area (Å²) in [7, 11) is -1.86. The zero-order valence-corrected chi connectivity index (χ0v) is 17.7. The number of fused-ring (bicyclic) bond motifs is 1. The van der Waals surface area contributed by atoms with Gasteiger partial charge in [0, 0.05) is 11.9 Å². The van der Waals surface area contributed by atoms with Gasteiger partial charge in [-0.1, -0.05) is 36.0 Å². The van der Waals surface area contributed by atoms with Gasteiger partial charge in [-0.3, -0.25) is 9.52 Å². The molecule has 3 rings (SSSR count). The number of sulfonamides is 1. The normalized spacial score (nSPS) is 14.5. The standard InChI is InChI=1S/C20H17N3O5S2/c1-23-16-9-5-6-10-18(16)29-19(23)14(11-21)17(24)12-28-20(25)13-7-3-4-8-15(13)22-30(2,26)27/h3-10,22H,12H2,1-2H3. The Balaban J connectivity index is 1.76. The van der Waals surface area contributed by atoms with Crippen LogP contribution in [0.15, 0.2) is 64.0 Å². The molecule has 1 heterocycles. The van der Waals surface area contributed by atoms with Gasteiger partial charge in [0.05, 0.1) is 23.2 Å². The number of rotatable bonds is 6. The molecule has 0 saturated heterocycles. The highest BCUT2D eigenvalue weighted by atomic mass is 32.2. The number of ketones is 1.